The molecule has 9 nitrogen and oxygen atoms in total. The van der Waals surface area contributed by atoms with E-state index in [4.69, 9.17) is 18.9 Å². The van der Waals surface area contributed by atoms with Crippen LogP contribution in [0.4, 0.5) is 13.2 Å². The maximum absolute atomic E-state index is 12.6. The second-order valence-electron chi connectivity index (χ2n) is 7.22. The molecule has 0 spiro atoms. The van der Waals surface area contributed by atoms with Crippen molar-refractivity contribution in [1.29, 1.82) is 0 Å². The van der Waals surface area contributed by atoms with E-state index in [1.54, 1.807) is 14.2 Å². The topological polar surface area (TPSA) is 88.3 Å². The van der Waals surface area contributed by atoms with Gasteiger partial charge in [-0.05, 0) is 19.8 Å². The quantitative estimate of drug-likeness (QED) is 0.341. The Kier molecular flexibility index (Phi) is 10.5. The molecule has 2 rings (SSSR count). The van der Waals surface area contributed by atoms with Gasteiger partial charge in [-0.2, -0.15) is 13.2 Å². The molecular formula is C17H34F3N5O4. The lowest BCUT2D eigenvalue weighted by atomic mass is 10.2. The number of hydrogen-bond donors (Lipinski definition) is 4. The highest BCUT2D eigenvalue weighted by atomic mass is 19.4. The predicted octanol–water partition coefficient (Wildman–Crippen LogP) is -0.0496. The molecule has 0 bridgehead atoms. The Morgan fingerprint density at radius 1 is 1.07 bits per heavy atom. The summed E-state index contributed by atoms with van der Waals surface area (Å²) >= 11 is 0. The van der Waals surface area contributed by atoms with Gasteiger partial charge in [-0.1, -0.05) is 0 Å². The standard InChI is InChI=1S/C17H34F3N5O4/c1-12-4-5-13(29-12)10-21-14-22-15(25(6-8-26-2)7-9-27-3)24-16(23-14)28-11-17(18,19)20/h12-16,21-24H,4-11H2,1-3H3. The molecule has 172 valence electrons. The number of halogens is 3. The minimum atomic E-state index is -4.41. The number of ether oxygens (including phenoxy) is 4. The molecule has 2 aliphatic rings. The van der Waals surface area contributed by atoms with Crippen molar-refractivity contribution in [3.05, 3.63) is 0 Å². The van der Waals surface area contributed by atoms with Gasteiger partial charge in [-0.3, -0.25) is 26.2 Å². The normalized spacial score (nSPS) is 30.9. The summed E-state index contributed by atoms with van der Waals surface area (Å²) in [7, 11) is 3.19. The van der Waals surface area contributed by atoms with Gasteiger partial charge in [-0.15, -0.1) is 0 Å². The number of hydrogen-bond acceptors (Lipinski definition) is 9. The van der Waals surface area contributed by atoms with Crippen LogP contribution in [0.2, 0.25) is 0 Å². The molecule has 4 N–H and O–H groups in total. The summed E-state index contributed by atoms with van der Waals surface area (Å²) in [5.41, 5.74) is 0. The zero-order chi connectivity index (χ0) is 21.3. The van der Waals surface area contributed by atoms with Crippen molar-refractivity contribution in [1.82, 2.24) is 26.2 Å². The Morgan fingerprint density at radius 3 is 2.31 bits per heavy atom. The molecule has 2 fully saturated rings. The van der Waals surface area contributed by atoms with Crippen LogP contribution in [0.5, 0.6) is 0 Å². The van der Waals surface area contributed by atoms with Crippen LogP contribution in [0.25, 0.3) is 0 Å². The van der Waals surface area contributed by atoms with E-state index in [-0.39, 0.29) is 12.2 Å². The van der Waals surface area contributed by atoms with Gasteiger partial charge in [0.25, 0.3) is 0 Å². The molecule has 29 heavy (non-hydrogen) atoms. The molecule has 0 aromatic heterocycles. The number of methoxy groups -OCH3 is 2. The van der Waals surface area contributed by atoms with Crippen LogP contribution in [0.3, 0.4) is 0 Å². The largest absolute Gasteiger partial charge is 0.411 e. The summed E-state index contributed by atoms with van der Waals surface area (Å²) in [5.74, 6) is 0. The van der Waals surface area contributed by atoms with Gasteiger partial charge in [0, 0.05) is 33.9 Å². The van der Waals surface area contributed by atoms with Gasteiger partial charge < -0.3 is 18.9 Å². The summed E-state index contributed by atoms with van der Waals surface area (Å²) in [6.07, 6.45) is -4.05. The van der Waals surface area contributed by atoms with Crippen LogP contribution >= 0.6 is 0 Å². The Hall–Kier alpha value is -0.570. The first-order valence-electron chi connectivity index (χ1n) is 9.88. The number of rotatable bonds is 12. The van der Waals surface area contributed by atoms with Crippen LogP contribution < -0.4 is 21.3 Å². The van der Waals surface area contributed by atoms with Crippen molar-refractivity contribution in [3.63, 3.8) is 0 Å². The zero-order valence-corrected chi connectivity index (χ0v) is 17.3. The Morgan fingerprint density at radius 2 is 1.76 bits per heavy atom. The second-order valence-corrected chi connectivity index (χ2v) is 7.22. The highest BCUT2D eigenvalue weighted by molar-refractivity contribution is 4.81. The van der Waals surface area contributed by atoms with E-state index in [2.05, 4.69) is 21.3 Å². The molecule has 12 heteroatoms. The van der Waals surface area contributed by atoms with Crippen LogP contribution in [0, 0.1) is 0 Å². The van der Waals surface area contributed by atoms with Crippen LogP contribution in [0.1, 0.15) is 19.8 Å². The van der Waals surface area contributed by atoms with Crippen LogP contribution in [0.15, 0.2) is 0 Å². The van der Waals surface area contributed by atoms with Crippen molar-refractivity contribution in [2.75, 3.05) is 53.7 Å². The van der Waals surface area contributed by atoms with Crippen molar-refractivity contribution in [2.45, 2.75) is 57.1 Å². The van der Waals surface area contributed by atoms with Crippen molar-refractivity contribution >= 4 is 0 Å². The van der Waals surface area contributed by atoms with Gasteiger partial charge in [0.05, 0.1) is 25.4 Å². The molecule has 0 aliphatic carbocycles. The molecule has 0 amide bonds. The van der Waals surface area contributed by atoms with E-state index < -0.39 is 31.7 Å². The first-order chi connectivity index (χ1) is 13.8. The minimum absolute atomic E-state index is 0.0783. The molecule has 5 atom stereocenters. The molecule has 5 unspecified atom stereocenters. The van der Waals surface area contributed by atoms with Gasteiger partial charge in [0.15, 0.2) is 6.35 Å². The summed E-state index contributed by atoms with van der Waals surface area (Å²) in [6, 6.07) is 0. The highest BCUT2D eigenvalue weighted by Crippen LogP contribution is 2.18. The maximum atomic E-state index is 12.6. The van der Waals surface area contributed by atoms with Crippen molar-refractivity contribution in [3.8, 4) is 0 Å². The minimum Gasteiger partial charge on any atom is -0.383 e. The van der Waals surface area contributed by atoms with Gasteiger partial charge in [0.1, 0.15) is 19.2 Å². The van der Waals surface area contributed by atoms with Gasteiger partial charge in [0.2, 0.25) is 0 Å². The smallest absolute Gasteiger partial charge is 0.383 e. The third-order valence-corrected chi connectivity index (χ3v) is 4.77. The second kappa shape index (κ2) is 12.3. The zero-order valence-electron chi connectivity index (χ0n) is 17.3. The molecular weight excluding hydrogens is 395 g/mol. The van der Waals surface area contributed by atoms with Gasteiger partial charge >= 0.3 is 6.18 Å². The molecule has 0 aromatic rings. The van der Waals surface area contributed by atoms with Crippen molar-refractivity contribution < 1.29 is 32.1 Å². The fourth-order valence-corrected chi connectivity index (χ4v) is 3.27. The Balaban J connectivity index is 1.96. The molecule has 0 aromatic carbocycles. The summed E-state index contributed by atoms with van der Waals surface area (Å²) < 4.78 is 58.9. The average Bonchev–Trinajstić information content (AvgIpc) is 3.09. The fourth-order valence-electron chi connectivity index (χ4n) is 3.27. The number of nitrogens with one attached hydrogen (secondary N) is 4. The van der Waals surface area contributed by atoms with E-state index in [9.17, 15) is 13.2 Å². The molecule has 0 saturated carbocycles. The average molecular weight is 429 g/mol. The Labute approximate surface area is 169 Å². The molecule has 0 radical (unpaired) electrons. The SMILES string of the molecule is COCCN(CCOC)C1NC(NCC2CCC(C)O2)NC(OCC(F)(F)F)N1. The Bertz CT molecular complexity index is 455. The summed E-state index contributed by atoms with van der Waals surface area (Å²) in [6.45, 7) is 3.31. The molecule has 2 heterocycles. The lowest BCUT2D eigenvalue weighted by Gasteiger charge is -2.43. The van der Waals surface area contributed by atoms with E-state index >= 15 is 0 Å². The van der Waals surface area contributed by atoms with Crippen LogP contribution in [-0.2, 0) is 18.9 Å². The summed E-state index contributed by atoms with van der Waals surface area (Å²) in [5, 5.41) is 12.5. The summed E-state index contributed by atoms with van der Waals surface area (Å²) in [4.78, 5) is 1.99. The first-order valence-corrected chi connectivity index (χ1v) is 9.88. The monoisotopic (exact) mass is 429 g/mol. The van der Waals surface area contributed by atoms with E-state index in [0.29, 0.717) is 32.8 Å². The molecule has 2 saturated heterocycles. The predicted molar refractivity (Wildman–Crippen MR) is 99.7 cm³/mol. The first kappa shape index (κ1) is 24.7. The van der Waals surface area contributed by atoms with Crippen LogP contribution in [-0.4, -0.2) is 95.9 Å². The van der Waals surface area contributed by atoms with E-state index in [0.717, 1.165) is 12.8 Å². The number of nitrogens with zero attached hydrogens (tertiary/aromatic N) is 1. The fraction of sp³-hybridized carbons (Fsp3) is 1.00. The van der Waals surface area contributed by atoms with E-state index in [1.807, 2.05) is 11.8 Å². The lowest BCUT2D eigenvalue weighted by Crippen LogP contribution is -2.76. The lowest BCUT2D eigenvalue weighted by molar-refractivity contribution is -0.202. The third kappa shape index (κ3) is 9.40. The number of alkyl halides is 3. The third-order valence-electron chi connectivity index (χ3n) is 4.77. The van der Waals surface area contributed by atoms with Crippen molar-refractivity contribution in [2.24, 2.45) is 0 Å². The molecule has 2 aliphatic heterocycles. The van der Waals surface area contributed by atoms with Gasteiger partial charge in [-0.25, -0.2) is 0 Å². The highest BCUT2D eigenvalue weighted by Gasteiger charge is 2.35. The maximum Gasteiger partial charge on any atom is 0.411 e. The van der Waals surface area contributed by atoms with E-state index in [1.165, 1.54) is 0 Å².